The maximum atomic E-state index is 12.0. The lowest BCUT2D eigenvalue weighted by atomic mass is 10.0. The van der Waals surface area contributed by atoms with Crippen LogP contribution < -0.4 is 5.32 Å². The highest BCUT2D eigenvalue weighted by Crippen LogP contribution is 2.21. The lowest BCUT2D eigenvalue weighted by molar-refractivity contribution is -0.119. The molecule has 0 saturated carbocycles. The molecule has 2 N–H and O–H groups in total. The Morgan fingerprint density at radius 3 is 2.36 bits per heavy atom. The molecule has 0 aliphatic carbocycles. The Labute approximate surface area is 129 Å². The number of carbonyl (C=O) groups excluding carboxylic acids is 1. The van der Waals surface area contributed by atoms with Gasteiger partial charge in [0.1, 0.15) is 0 Å². The van der Waals surface area contributed by atoms with Gasteiger partial charge in [-0.3, -0.25) is 4.79 Å². The molecule has 1 rings (SSSR count). The van der Waals surface area contributed by atoms with Crippen molar-refractivity contribution in [1.29, 1.82) is 0 Å². The molecule has 1 aromatic carbocycles. The smallest absolute Gasteiger partial charge is 0.335 e. The summed E-state index contributed by atoms with van der Waals surface area (Å²) in [5, 5.41) is 11.6. The zero-order valence-electron chi connectivity index (χ0n) is 12.7. The Morgan fingerprint density at radius 2 is 1.91 bits per heavy atom. The number of allylic oxidation sites excluding steroid dienone is 1. The molecule has 1 unspecified atom stereocenters. The number of nitrogens with one attached hydrogen (secondary N) is 1. The van der Waals surface area contributed by atoms with Gasteiger partial charge in [-0.25, -0.2) is 13.2 Å². The van der Waals surface area contributed by atoms with Crippen molar-refractivity contribution in [2.75, 3.05) is 11.6 Å². The summed E-state index contributed by atoms with van der Waals surface area (Å²) in [6.45, 7) is 7.24. The van der Waals surface area contributed by atoms with Gasteiger partial charge in [0, 0.05) is 17.9 Å². The van der Waals surface area contributed by atoms with Crippen molar-refractivity contribution in [2.24, 2.45) is 5.92 Å². The van der Waals surface area contributed by atoms with Crippen molar-refractivity contribution < 1.29 is 23.1 Å². The largest absolute Gasteiger partial charge is 0.478 e. The predicted octanol–water partition coefficient (Wildman–Crippen LogP) is 2.33. The average molecular weight is 325 g/mol. The van der Waals surface area contributed by atoms with Crippen LogP contribution in [-0.4, -0.2) is 31.7 Å². The van der Waals surface area contributed by atoms with Gasteiger partial charge in [-0.1, -0.05) is 12.5 Å². The van der Waals surface area contributed by atoms with Gasteiger partial charge < -0.3 is 10.4 Å². The third kappa shape index (κ3) is 5.00. The van der Waals surface area contributed by atoms with E-state index in [1.54, 1.807) is 13.8 Å². The van der Waals surface area contributed by atoms with Gasteiger partial charge in [0.05, 0.1) is 10.5 Å². The first-order valence-electron chi connectivity index (χ1n) is 6.54. The Hall–Kier alpha value is -2.15. The number of carboxylic acids is 1. The molecular formula is C15H19NO5S. The first kappa shape index (κ1) is 17.9. The second kappa shape index (κ2) is 6.74. The lowest BCUT2D eigenvalue weighted by Gasteiger charge is -2.13. The fraction of sp³-hybridized carbons (Fsp3) is 0.333. The number of carboxylic acid groups (broad SMARTS) is 1. The molecule has 0 aliphatic heterocycles. The van der Waals surface area contributed by atoms with Crippen LogP contribution in [0, 0.1) is 5.92 Å². The zero-order chi connectivity index (χ0) is 17.1. The van der Waals surface area contributed by atoms with Gasteiger partial charge in [0.25, 0.3) is 0 Å². The van der Waals surface area contributed by atoms with Crippen LogP contribution in [0.25, 0.3) is 0 Å². The van der Waals surface area contributed by atoms with Crippen LogP contribution in [-0.2, 0) is 14.6 Å². The van der Waals surface area contributed by atoms with Crippen LogP contribution >= 0.6 is 0 Å². The number of aromatic carboxylic acids is 1. The molecule has 0 aromatic heterocycles. The molecule has 0 saturated heterocycles. The Balaban J connectivity index is 3.14. The molecular weight excluding hydrogens is 306 g/mol. The normalized spacial score (nSPS) is 12.5. The van der Waals surface area contributed by atoms with Gasteiger partial charge >= 0.3 is 5.97 Å². The van der Waals surface area contributed by atoms with E-state index in [0.717, 1.165) is 17.9 Å². The van der Waals surface area contributed by atoms with Gasteiger partial charge in [-0.15, -0.1) is 6.58 Å². The molecule has 0 aliphatic rings. The summed E-state index contributed by atoms with van der Waals surface area (Å²) in [6.07, 6.45) is 1.46. The fourth-order valence-corrected chi connectivity index (χ4v) is 2.57. The number of hydrogen-bond donors (Lipinski definition) is 2. The van der Waals surface area contributed by atoms with Crippen LogP contribution in [0.15, 0.2) is 35.2 Å². The van der Waals surface area contributed by atoms with E-state index < -0.39 is 15.8 Å². The second-order valence-corrected chi connectivity index (χ2v) is 7.39. The summed E-state index contributed by atoms with van der Waals surface area (Å²) in [5.41, 5.74) is 0.781. The minimum Gasteiger partial charge on any atom is -0.478 e. The van der Waals surface area contributed by atoms with Crippen LogP contribution in [0.4, 0.5) is 5.69 Å². The van der Waals surface area contributed by atoms with Crippen LogP contribution in [0.2, 0.25) is 0 Å². The number of sulfone groups is 1. The summed E-state index contributed by atoms with van der Waals surface area (Å²) in [5.74, 6) is -1.95. The second-order valence-electron chi connectivity index (χ2n) is 5.37. The van der Waals surface area contributed by atoms with Gasteiger partial charge in [-0.05, 0) is 31.5 Å². The van der Waals surface area contributed by atoms with Crippen molar-refractivity contribution >= 4 is 27.4 Å². The van der Waals surface area contributed by atoms with Crippen LogP contribution in [0.3, 0.4) is 0 Å². The third-order valence-electron chi connectivity index (χ3n) is 2.95. The van der Waals surface area contributed by atoms with Crippen LogP contribution in [0.1, 0.15) is 30.6 Å². The molecule has 0 radical (unpaired) electrons. The topological polar surface area (TPSA) is 101 Å². The molecule has 1 amide bonds. The Bertz CT molecular complexity index is 721. The summed E-state index contributed by atoms with van der Waals surface area (Å²) < 4.78 is 23.2. The molecule has 1 atom stereocenters. The number of anilines is 1. The molecule has 120 valence electrons. The molecule has 1 aromatic rings. The van der Waals surface area contributed by atoms with Crippen LogP contribution in [0.5, 0.6) is 0 Å². The summed E-state index contributed by atoms with van der Waals surface area (Å²) in [6, 6.07) is 3.53. The van der Waals surface area contributed by atoms with E-state index in [1.807, 2.05) is 0 Å². The SMILES string of the molecule is C=C(C)CC(C)C(=O)Nc1cc(C(=O)O)cc(S(C)(=O)=O)c1. The fourth-order valence-electron chi connectivity index (χ4n) is 1.89. The van der Waals surface area contributed by atoms with Crippen molar-refractivity contribution in [3.05, 3.63) is 35.9 Å². The first-order chi connectivity index (χ1) is 10.0. The lowest BCUT2D eigenvalue weighted by Crippen LogP contribution is -2.21. The van der Waals surface area contributed by atoms with Gasteiger partial charge in [0.2, 0.25) is 5.91 Å². The predicted molar refractivity (Wildman–Crippen MR) is 83.7 cm³/mol. The molecule has 0 fully saturated rings. The van der Waals surface area contributed by atoms with Crippen molar-refractivity contribution in [1.82, 2.24) is 0 Å². The standard InChI is InChI=1S/C15H19NO5S/c1-9(2)5-10(3)14(17)16-12-6-11(15(18)19)7-13(8-12)22(4,20)21/h6-8,10H,1,5H2,2-4H3,(H,16,17)(H,18,19). The average Bonchev–Trinajstić information content (AvgIpc) is 2.36. The molecule has 6 nitrogen and oxygen atoms in total. The molecule has 22 heavy (non-hydrogen) atoms. The molecule has 0 bridgehead atoms. The summed E-state index contributed by atoms with van der Waals surface area (Å²) in [4.78, 5) is 23.0. The first-order valence-corrected chi connectivity index (χ1v) is 8.43. The van der Waals surface area contributed by atoms with Crippen molar-refractivity contribution in [3.63, 3.8) is 0 Å². The highest BCUT2D eigenvalue weighted by Gasteiger charge is 2.17. The van der Waals surface area contributed by atoms with E-state index in [1.165, 1.54) is 12.1 Å². The zero-order valence-corrected chi connectivity index (χ0v) is 13.5. The quantitative estimate of drug-likeness (QED) is 0.782. The Kier molecular flexibility index (Phi) is 5.48. The minimum atomic E-state index is -3.59. The van der Waals surface area contributed by atoms with Crippen molar-refractivity contribution in [2.45, 2.75) is 25.2 Å². The highest BCUT2D eigenvalue weighted by atomic mass is 32.2. The van der Waals surface area contributed by atoms with Gasteiger partial charge in [-0.2, -0.15) is 0 Å². The number of rotatable bonds is 6. The third-order valence-corrected chi connectivity index (χ3v) is 4.04. The number of amides is 1. The molecule has 0 heterocycles. The van der Waals surface area contributed by atoms with E-state index in [0.29, 0.717) is 6.42 Å². The van der Waals surface area contributed by atoms with E-state index in [9.17, 15) is 18.0 Å². The van der Waals surface area contributed by atoms with E-state index in [-0.39, 0.29) is 28.0 Å². The van der Waals surface area contributed by atoms with E-state index in [2.05, 4.69) is 11.9 Å². The van der Waals surface area contributed by atoms with E-state index in [4.69, 9.17) is 5.11 Å². The maximum absolute atomic E-state index is 12.0. The van der Waals surface area contributed by atoms with E-state index >= 15 is 0 Å². The number of benzene rings is 1. The van der Waals surface area contributed by atoms with Gasteiger partial charge in [0.15, 0.2) is 9.84 Å². The number of carbonyl (C=O) groups is 2. The summed E-state index contributed by atoms with van der Waals surface area (Å²) in [7, 11) is -3.59. The number of hydrogen-bond acceptors (Lipinski definition) is 4. The highest BCUT2D eigenvalue weighted by molar-refractivity contribution is 7.90. The molecule has 7 heteroatoms. The minimum absolute atomic E-state index is 0.138. The van der Waals surface area contributed by atoms with Crippen molar-refractivity contribution in [3.8, 4) is 0 Å². The Morgan fingerprint density at radius 1 is 1.32 bits per heavy atom. The monoisotopic (exact) mass is 325 g/mol. The maximum Gasteiger partial charge on any atom is 0.335 e. The summed E-state index contributed by atoms with van der Waals surface area (Å²) >= 11 is 0. The molecule has 0 spiro atoms.